The first-order valence-electron chi connectivity index (χ1n) is 6.11. The number of rotatable bonds is 3. The smallest absolute Gasteiger partial charge is 0.258 e. The SMILES string of the molecule is COCC1CCN(C(=O)c2cccnc2F)CC1. The summed E-state index contributed by atoms with van der Waals surface area (Å²) in [5, 5.41) is 0. The van der Waals surface area contributed by atoms with Gasteiger partial charge < -0.3 is 9.64 Å². The highest BCUT2D eigenvalue weighted by molar-refractivity contribution is 5.94. The normalized spacial score (nSPS) is 16.9. The molecular formula is C13H17FN2O2. The third-order valence-corrected chi connectivity index (χ3v) is 3.29. The van der Waals surface area contributed by atoms with Gasteiger partial charge in [0.25, 0.3) is 5.91 Å². The zero-order valence-electron chi connectivity index (χ0n) is 10.4. The number of hydrogen-bond acceptors (Lipinski definition) is 3. The number of likely N-dealkylation sites (tertiary alicyclic amines) is 1. The lowest BCUT2D eigenvalue weighted by Crippen LogP contribution is -2.39. The zero-order chi connectivity index (χ0) is 13.0. The standard InChI is InChI=1S/C13H17FN2O2/c1-18-9-10-4-7-16(8-5-10)13(17)11-3-2-6-15-12(11)14/h2-3,6,10H,4-5,7-9H2,1H3. The van der Waals surface area contributed by atoms with Gasteiger partial charge in [-0.2, -0.15) is 4.39 Å². The number of ether oxygens (including phenoxy) is 1. The summed E-state index contributed by atoms with van der Waals surface area (Å²) >= 11 is 0. The van der Waals surface area contributed by atoms with Gasteiger partial charge in [0.2, 0.25) is 5.95 Å². The van der Waals surface area contributed by atoms with Gasteiger partial charge in [0.05, 0.1) is 5.56 Å². The fourth-order valence-corrected chi connectivity index (χ4v) is 2.25. The van der Waals surface area contributed by atoms with Crippen LogP contribution in [0.2, 0.25) is 0 Å². The molecule has 1 aromatic heterocycles. The van der Waals surface area contributed by atoms with Crippen molar-refractivity contribution in [1.29, 1.82) is 0 Å². The molecule has 18 heavy (non-hydrogen) atoms. The Morgan fingerprint density at radius 3 is 2.89 bits per heavy atom. The maximum atomic E-state index is 13.4. The van der Waals surface area contributed by atoms with Crippen LogP contribution in [0.5, 0.6) is 0 Å². The van der Waals surface area contributed by atoms with Crippen molar-refractivity contribution in [3.8, 4) is 0 Å². The number of nitrogens with zero attached hydrogens (tertiary/aromatic N) is 2. The van der Waals surface area contributed by atoms with Gasteiger partial charge >= 0.3 is 0 Å². The molecule has 2 rings (SSSR count). The highest BCUT2D eigenvalue weighted by Gasteiger charge is 2.25. The lowest BCUT2D eigenvalue weighted by Gasteiger charge is -2.31. The number of aromatic nitrogens is 1. The molecule has 1 fully saturated rings. The Labute approximate surface area is 106 Å². The zero-order valence-corrected chi connectivity index (χ0v) is 10.4. The van der Waals surface area contributed by atoms with Crippen molar-refractivity contribution in [3.63, 3.8) is 0 Å². The molecule has 2 heterocycles. The van der Waals surface area contributed by atoms with E-state index in [4.69, 9.17) is 4.74 Å². The molecule has 4 nitrogen and oxygen atoms in total. The van der Waals surface area contributed by atoms with Crippen LogP contribution in [0.25, 0.3) is 0 Å². The summed E-state index contributed by atoms with van der Waals surface area (Å²) < 4.78 is 18.5. The Morgan fingerprint density at radius 2 is 2.28 bits per heavy atom. The van der Waals surface area contributed by atoms with E-state index >= 15 is 0 Å². The minimum Gasteiger partial charge on any atom is -0.384 e. The second-order valence-electron chi connectivity index (χ2n) is 4.53. The van der Waals surface area contributed by atoms with Crippen molar-refractivity contribution in [1.82, 2.24) is 9.88 Å². The summed E-state index contributed by atoms with van der Waals surface area (Å²) in [4.78, 5) is 17.3. The van der Waals surface area contributed by atoms with Crippen molar-refractivity contribution in [2.24, 2.45) is 5.92 Å². The number of carbonyl (C=O) groups is 1. The van der Waals surface area contributed by atoms with Crippen LogP contribution in [0.1, 0.15) is 23.2 Å². The van der Waals surface area contributed by atoms with Crippen LogP contribution in [0.4, 0.5) is 4.39 Å². The number of piperidine rings is 1. The quantitative estimate of drug-likeness (QED) is 0.769. The molecule has 1 amide bonds. The molecule has 1 aromatic rings. The third-order valence-electron chi connectivity index (χ3n) is 3.29. The maximum Gasteiger partial charge on any atom is 0.258 e. The first-order valence-corrected chi connectivity index (χ1v) is 6.11. The maximum absolute atomic E-state index is 13.4. The highest BCUT2D eigenvalue weighted by atomic mass is 19.1. The van der Waals surface area contributed by atoms with Crippen molar-refractivity contribution >= 4 is 5.91 Å². The minimum absolute atomic E-state index is 0.0580. The summed E-state index contributed by atoms with van der Waals surface area (Å²) in [6, 6.07) is 3.06. The molecule has 1 aliphatic heterocycles. The fourth-order valence-electron chi connectivity index (χ4n) is 2.25. The largest absolute Gasteiger partial charge is 0.384 e. The van der Waals surface area contributed by atoms with E-state index in [9.17, 15) is 9.18 Å². The Balaban J connectivity index is 1.98. The van der Waals surface area contributed by atoms with E-state index in [1.165, 1.54) is 12.3 Å². The van der Waals surface area contributed by atoms with Crippen LogP contribution in [0.15, 0.2) is 18.3 Å². The van der Waals surface area contributed by atoms with Gasteiger partial charge in [-0.15, -0.1) is 0 Å². The van der Waals surface area contributed by atoms with E-state index in [1.807, 2.05) is 0 Å². The van der Waals surface area contributed by atoms with Crippen molar-refractivity contribution < 1.29 is 13.9 Å². The molecule has 0 spiro atoms. The van der Waals surface area contributed by atoms with Crippen molar-refractivity contribution in [2.75, 3.05) is 26.8 Å². The Morgan fingerprint density at radius 1 is 1.56 bits per heavy atom. The van der Waals surface area contributed by atoms with Gasteiger partial charge in [-0.05, 0) is 30.9 Å². The molecule has 5 heteroatoms. The average Bonchev–Trinajstić information content (AvgIpc) is 2.40. The predicted octanol–water partition coefficient (Wildman–Crippen LogP) is 1.72. The summed E-state index contributed by atoms with van der Waals surface area (Å²) in [6.07, 6.45) is 3.15. The summed E-state index contributed by atoms with van der Waals surface area (Å²) in [5.41, 5.74) is 0.0580. The summed E-state index contributed by atoms with van der Waals surface area (Å²) in [5.74, 6) is -0.462. The molecule has 1 aliphatic rings. The van der Waals surface area contributed by atoms with Gasteiger partial charge in [-0.25, -0.2) is 4.98 Å². The topological polar surface area (TPSA) is 42.4 Å². The monoisotopic (exact) mass is 252 g/mol. The number of hydrogen-bond donors (Lipinski definition) is 0. The molecular weight excluding hydrogens is 235 g/mol. The Bertz CT molecular complexity index is 417. The van der Waals surface area contributed by atoms with Crippen LogP contribution in [-0.2, 0) is 4.74 Å². The lowest BCUT2D eigenvalue weighted by atomic mass is 9.97. The van der Waals surface area contributed by atoms with Crippen LogP contribution in [-0.4, -0.2) is 42.6 Å². The molecule has 98 valence electrons. The second-order valence-corrected chi connectivity index (χ2v) is 4.53. The molecule has 1 saturated heterocycles. The van der Waals surface area contributed by atoms with E-state index in [1.54, 1.807) is 18.1 Å². The minimum atomic E-state index is -0.693. The number of halogens is 1. The van der Waals surface area contributed by atoms with Crippen LogP contribution >= 0.6 is 0 Å². The van der Waals surface area contributed by atoms with E-state index < -0.39 is 5.95 Å². The number of carbonyl (C=O) groups excluding carboxylic acids is 1. The highest BCUT2D eigenvalue weighted by Crippen LogP contribution is 2.19. The van der Waals surface area contributed by atoms with Crippen molar-refractivity contribution in [3.05, 3.63) is 29.8 Å². The molecule has 0 radical (unpaired) electrons. The van der Waals surface area contributed by atoms with Gasteiger partial charge in [-0.1, -0.05) is 0 Å². The van der Waals surface area contributed by atoms with E-state index in [0.717, 1.165) is 19.4 Å². The van der Waals surface area contributed by atoms with Crippen LogP contribution in [0.3, 0.4) is 0 Å². The van der Waals surface area contributed by atoms with Gasteiger partial charge in [0, 0.05) is 33.0 Å². The molecule has 0 atom stereocenters. The van der Waals surface area contributed by atoms with Gasteiger partial charge in [0.1, 0.15) is 0 Å². The molecule has 0 bridgehead atoms. The first kappa shape index (κ1) is 13.0. The first-order chi connectivity index (χ1) is 8.72. The number of methoxy groups -OCH3 is 1. The van der Waals surface area contributed by atoms with Crippen LogP contribution < -0.4 is 0 Å². The lowest BCUT2D eigenvalue weighted by molar-refractivity contribution is 0.0608. The second kappa shape index (κ2) is 5.91. The predicted molar refractivity (Wildman–Crippen MR) is 64.7 cm³/mol. The van der Waals surface area contributed by atoms with E-state index in [-0.39, 0.29) is 11.5 Å². The summed E-state index contributed by atoms with van der Waals surface area (Å²) in [6.45, 7) is 2.03. The Hall–Kier alpha value is -1.49. The fraction of sp³-hybridized carbons (Fsp3) is 0.538. The van der Waals surface area contributed by atoms with Crippen molar-refractivity contribution in [2.45, 2.75) is 12.8 Å². The summed E-state index contributed by atoms with van der Waals surface area (Å²) in [7, 11) is 1.68. The van der Waals surface area contributed by atoms with Gasteiger partial charge in [0.15, 0.2) is 0 Å². The molecule has 0 unspecified atom stereocenters. The molecule has 0 aromatic carbocycles. The Kier molecular flexibility index (Phi) is 4.25. The third kappa shape index (κ3) is 2.85. The molecule has 0 saturated carbocycles. The molecule has 0 aliphatic carbocycles. The molecule has 0 N–H and O–H groups in total. The number of amides is 1. The average molecular weight is 252 g/mol. The van der Waals surface area contributed by atoms with Gasteiger partial charge in [-0.3, -0.25) is 4.79 Å². The van der Waals surface area contributed by atoms with E-state index in [0.29, 0.717) is 19.0 Å². The number of pyridine rings is 1. The van der Waals surface area contributed by atoms with E-state index in [2.05, 4.69) is 4.98 Å². The van der Waals surface area contributed by atoms with Crippen LogP contribution in [0, 0.1) is 11.9 Å².